The first-order valence-electron chi connectivity index (χ1n) is 15.6. The Morgan fingerprint density at radius 3 is 2.43 bits per heavy atom. The van der Waals surface area contributed by atoms with Gasteiger partial charge in [0.05, 0.1) is 37.8 Å². The lowest BCUT2D eigenvalue weighted by Crippen LogP contribution is -2.17. The Bertz CT molecular complexity index is 1860. The van der Waals surface area contributed by atoms with E-state index in [4.69, 9.17) is 27.4 Å². The minimum atomic E-state index is -0.220. The first-order valence-corrected chi connectivity index (χ1v) is 15.6. The van der Waals surface area contributed by atoms with Crippen molar-refractivity contribution >= 4 is 36.5 Å². The quantitative estimate of drug-likeness (QED) is 0.192. The third-order valence-corrected chi connectivity index (χ3v) is 8.43. The Morgan fingerprint density at radius 1 is 0.978 bits per heavy atom. The van der Waals surface area contributed by atoms with E-state index in [2.05, 4.69) is 41.6 Å². The summed E-state index contributed by atoms with van der Waals surface area (Å²) >= 11 is 0. The van der Waals surface area contributed by atoms with E-state index in [9.17, 15) is 4.79 Å². The maximum atomic E-state index is 14.1. The van der Waals surface area contributed by atoms with E-state index in [1.807, 2.05) is 47.3 Å². The van der Waals surface area contributed by atoms with Gasteiger partial charge in [0.2, 0.25) is 5.95 Å². The van der Waals surface area contributed by atoms with Crippen LogP contribution >= 0.6 is 0 Å². The molecule has 0 aliphatic heterocycles. The van der Waals surface area contributed by atoms with Crippen LogP contribution in [-0.4, -0.2) is 47.7 Å². The molecule has 46 heavy (non-hydrogen) atoms. The van der Waals surface area contributed by atoms with Crippen LogP contribution in [0.5, 0.6) is 11.5 Å². The number of methoxy groups -OCH3 is 2. The van der Waals surface area contributed by atoms with Crippen molar-refractivity contribution in [1.29, 1.82) is 0 Å². The molecule has 0 saturated carbocycles. The molecule has 0 atom stereocenters. The normalized spacial score (nSPS) is 12.1. The number of para-hydroxylation sites is 1. The highest BCUT2D eigenvalue weighted by Crippen LogP contribution is 2.36. The van der Waals surface area contributed by atoms with Gasteiger partial charge in [-0.05, 0) is 78.6 Å². The van der Waals surface area contributed by atoms with Gasteiger partial charge < -0.3 is 20.1 Å². The molecule has 1 aliphatic carbocycles. The van der Waals surface area contributed by atoms with Crippen molar-refractivity contribution in [1.82, 2.24) is 19.7 Å². The number of benzene rings is 3. The van der Waals surface area contributed by atoms with Gasteiger partial charge in [0.25, 0.3) is 5.91 Å². The predicted octanol–water partition coefficient (Wildman–Crippen LogP) is 5.81. The molecule has 9 nitrogen and oxygen atoms in total. The van der Waals surface area contributed by atoms with Gasteiger partial charge in [0.15, 0.2) is 5.69 Å². The fourth-order valence-corrected chi connectivity index (χ4v) is 6.02. The lowest BCUT2D eigenvalue weighted by atomic mass is 9.96. The zero-order valence-corrected chi connectivity index (χ0v) is 26.7. The molecule has 2 radical (unpaired) electrons. The summed E-state index contributed by atoms with van der Waals surface area (Å²) in [5.41, 5.74) is 9.25. The third kappa shape index (κ3) is 6.20. The number of fused-ring (bicyclic) bond motifs is 3. The molecular weight excluding hydrogens is 575 g/mol. The zero-order valence-electron chi connectivity index (χ0n) is 26.7. The van der Waals surface area contributed by atoms with E-state index < -0.39 is 0 Å². The molecule has 0 spiro atoms. The fraction of sp³-hybridized carbons (Fsp3) is 0.278. The van der Waals surface area contributed by atoms with Crippen LogP contribution in [-0.2, 0) is 32.2 Å². The summed E-state index contributed by atoms with van der Waals surface area (Å²) in [7, 11) is 9.22. The number of aryl methyl sites for hydroxylation is 3. The van der Waals surface area contributed by atoms with Crippen molar-refractivity contribution in [2.45, 2.75) is 52.5 Å². The number of nitrogens with zero attached hydrogens (tertiary/aromatic N) is 4. The molecule has 0 saturated heterocycles. The van der Waals surface area contributed by atoms with Gasteiger partial charge >= 0.3 is 0 Å². The number of carbonyl (C=O) groups is 1. The number of aromatic nitrogens is 4. The average molecular weight is 613 g/mol. The van der Waals surface area contributed by atoms with Crippen molar-refractivity contribution in [2.75, 3.05) is 24.9 Å². The summed E-state index contributed by atoms with van der Waals surface area (Å²) in [6, 6.07) is 19.4. The van der Waals surface area contributed by atoms with E-state index in [1.54, 1.807) is 26.4 Å². The molecular formula is C36H37BN6O3. The van der Waals surface area contributed by atoms with Gasteiger partial charge in [0.1, 0.15) is 19.3 Å². The van der Waals surface area contributed by atoms with Gasteiger partial charge in [-0.2, -0.15) is 5.10 Å². The number of hydrogen-bond acceptors (Lipinski definition) is 7. The topological polar surface area (TPSA) is 103 Å². The summed E-state index contributed by atoms with van der Waals surface area (Å²) in [5.74, 6) is 1.54. The summed E-state index contributed by atoms with van der Waals surface area (Å²) in [6.45, 7) is 4.65. The highest BCUT2D eigenvalue weighted by Gasteiger charge is 2.29. The van der Waals surface area contributed by atoms with Crippen molar-refractivity contribution < 1.29 is 14.3 Å². The Labute approximate surface area is 270 Å². The molecule has 3 aromatic carbocycles. The van der Waals surface area contributed by atoms with Crippen LogP contribution in [0.1, 0.15) is 58.6 Å². The number of ether oxygens (including phenoxy) is 2. The SMILES string of the molecule is [B]c1ccc(Nc2ncc3c(n2)-c2c(c(C(=O)Nc4c(CC)cccc4CC)nn2Cc2ccc(OC)cc2)CCC3)c(OC)c1. The number of amides is 1. The summed E-state index contributed by atoms with van der Waals surface area (Å²) in [5, 5.41) is 11.5. The van der Waals surface area contributed by atoms with E-state index in [0.717, 1.165) is 76.3 Å². The molecule has 6 rings (SSSR count). The van der Waals surface area contributed by atoms with Crippen molar-refractivity contribution in [3.8, 4) is 22.9 Å². The second-order valence-electron chi connectivity index (χ2n) is 11.3. The first kappa shape index (κ1) is 30.9. The Morgan fingerprint density at radius 2 is 1.74 bits per heavy atom. The number of hydrogen-bond donors (Lipinski definition) is 2. The fourth-order valence-electron chi connectivity index (χ4n) is 6.02. The van der Waals surface area contributed by atoms with Crippen molar-refractivity contribution in [2.24, 2.45) is 0 Å². The average Bonchev–Trinajstić information content (AvgIpc) is 3.32. The van der Waals surface area contributed by atoms with Crippen LogP contribution in [0.4, 0.5) is 17.3 Å². The van der Waals surface area contributed by atoms with Crippen molar-refractivity contribution in [3.05, 3.63) is 100 Å². The second kappa shape index (κ2) is 13.5. The van der Waals surface area contributed by atoms with Gasteiger partial charge in [-0.15, -0.1) is 0 Å². The highest BCUT2D eigenvalue weighted by molar-refractivity contribution is 6.32. The Balaban J connectivity index is 1.46. The summed E-state index contributed by atoms with van der Waals surface area (Å²) in [4.78, 5) is 23.8. The van der Waals surface area contributed by atoms with E-state index in [-0.39, 0.29) is 5.91 Å². The van der Waals surface area contributed by atoms with Crippen LogP contribution in [0.25, 0.3) is 11.4 Å². The van der Waals surface area contributed by atoms with E-state index in [0.29, 0.717) is 41.5 Å². The zero-order chi connectivity index (χ0) is 32.2. The smallest absolute Gasteiger partial charge is 0.276 e. The maximum Gasteiger partial charge on any atom is 0.276 e. The second-order valence-corrected chi connectivity index (χ2v) is 11.3. The molecule has 1 amide bonds. The van der Waals surface area contributed by atoms with Gasteiger partial charge in [-0.3, -0.25) is 9.48 Å². The molecule has 2 N–H and O–H groups in total. The maximum absolute atomic E-state index is 14.1. The molecule has 0 unspecified atom stereocenters. The van der Waals surface area contributed by atoms with Crippen LogP contribution in [0.15, 0.2) is 66.9 Å². The highest BCUT2D eigenvalue weighted by atomic mass is 16.5. The van der Waals surface area contributed by atoms with Gasteiger partial charge in [-0.1, -0.05) is 55.7 Å². The van der Waals surface area contributed by atoms with Crippen molar-refractivity contribution in [3.63, 3.8) is 0 Å². The number of nitrogens with one attached hydrogen (secondary N) is 2. The van der Waals surface area contributed by atoms with Gasteiger partial charge in [-0.25, -0.2) is 9.97 Å². The number of anilines is 3. The van der Waals surface area contributed by atoms with E-state index in [1.165, 1.54) is 0 Å². The number of carbonyl (C=O) groups excluding carboxylic acids is 1. The van der Waals surface area contributed by atoms with Crippen LogP contribution < -0.4 is 25.6 Å². The van der Waals surface area contributed by atoms with Crippen LogP contribution in [0, 0.1) is 0 Å². The number of rotatable bonds is 10. The Kier molecular flexibility index (Phi) is 9.05. The third-order valence-electron chi connectivity index (χ3n) is 8.43. The van der Waals surface area contributed by atoms with Crippen LogP contribution in [0.2, 0.25) is 0 Å². The van der Waals surface area contributed by atoms with Gasteiger partial charge in [0, 0.05) is 17.4 Å². The first-order chi connectivity index (χ1) is 22.4. The summed E-state index contributed by atoms with van der Waals surface area (Å²) < 4.78 is 12.8. The largest absolute Gasteiger partial charge is 0.497 e. The van der Waals surface area contributed by atoms with E-state index >= 15 is 0 Å². The lowest BCUT2D eigenvalue weighted by Gasteiger charge is -2.14. The molecule has 2 heterocycles. The monoisotopic (exact) mass is 612 g/mol. The standard InChI is InChI=1S/C36H37BN6O3/c1-5-23-9-7-10-24(6-2)31(23)40-35(44)33-28-12-8-11-25-20-38-36(39-29-18-15-26(37)19-30(29)46-4)41-32(25)34(28)43(42-33)21-22-13-16-27(45-3)17-14-22/h7,9-10,13-20H,5-6,8,11-12,21H2,1-4H3,(H,40,44)(H,38,39,41). The minimum absolute atomic E-state index is 0.220. The molecule has 2 aromatic heterocycles. The Hall–Kier alpha value is -5.12. The molecule has 0 bridgehead atoms. The molecule has 10 heteroatoms. The predicted molar refractivity (Wildman–Crippen MR) is 182 cm³/mol. The molecule has 1 aliphatic rings. The summed E-state index contributed by atoms with van der Waals surface area (Å²) in [6.07, 6.45) is 5.78. The molecule has 232 valence electrons. The minimum Gasteiger partial charge on any atom is -0.497 e. The molecule has 0 fully saturated rings. The van der Waals surface area contributed by atoms with Crippen LogP contribution in [0.3, 0.4) is 0 Å². The molecule has 5 aromatic rings. The lowest BCUT2D eigenvalue weighted by molar-refractivity contribution is 0.102.